The number of hydrogen-bond donors (Lipinski definition) is 3. The molecule has 3 N–H and O–H groups in total. The van der Waals surface area contributed by atoms with Gasteiger partial charge in [-0.15, -0.1) is 0 Å². The first-order chi connectivity index (χ1) is 17.0. The van der Waals surface area contributed by atoms with Crippen LogP contribution in [0.25, 0.3) is 0 Å². The van der Waals surface area contributed by atoms with Crippen molar-refractivity contribution >= 4 is 29.7 Å². The van der Waals surface area contributed by atoms with Crippen LogP contribution in [0.5, 0.6) is 5.75 Å². The van der Waals surface area contributed by atoms with E-state index in [1.807, 2.05) is 48.5 Å². The van der Waals surface area contributed by atoms with E-state index in [0.29, 0.717) is 23.6 Å². The molecule has 1 amide bonds. The van der Waals surface area contributed by atoms with Crippen molar-refractivity contribution in [2.75, 3.05) is 7.11 Å². The topological polar surface area (TPSA) is 101 Å². The SMILES string of the molecule is COC(=O)c1ccc(/C=N\NC(=O)C2CC(c3cccc(OCc4ccccc4Cl)c3)NN2)cc1. The first-order valence-corrected chi connectivity index (χ1v) is 11.4. The molecule has 0 aliphatic carbocycles. The second-order valence-electron chi connectivity index (χ2n) is 7.93. The van der Waals surface area contributed by atoms with E-state index in [1.54, 1.807) is 24.3 Å². The van der Waals surface area contributed by atoms with Gasteiger partial charge in [-0.3, -0.25) is 4.79 Å². The van der Waals surface area contributed by atoms with Crippen LogP contribution >= 0.6 is 11.6 Å². The molecular weight excluding hydrogens is 468 g/mol. The lowest BCUT2D eigenvalue weighted by Crippen LogP contribution is -2.41. The van der Waals surface area contributed by atoms with E-state index in [9.17, 15) is 9.59 Å². The molecule has 0 saturated carbocycles. The molecule has 3 aromatic carbocycles. The Hall–Kier alpha value is -3.72. The van der Waals surface area contributed by atoms with Crippen molar-refractivity contribution < 1.29 is 19.1 Å². The Kier molecular flexibility index (Phi) is 8.10. The molecule has 35 heavy (non-hydrogen) atoms. The maximum atomic E-state index is 12.5. The standard InChI is InChI=1S/C26H25ClN4O4/c1-34-26(33)18-11-9-17(10-12-18)15-28-31-25(32)24-14-23(29-30-24)19-6-4-7-21(13-19)35-16-20-5-2-3-8-22(20)27/h2-13,15,23-24,29-30H,14,16H2,1H3,(H,31,32)/b28-15-. The number of nitrogens with one attached hydrogen (secondary N) is 3. The largest absolute Gasteiger partial charge is 0.489 e. The fraction of sp³-hybridized carbons (Fsp3) is 0.192. The number of carbonyl (C=O) groups excluding carboxylic acids is 2. The summed E-state index contributed by atoms with van der Waals surface area (Å²) in [4.78, 5) is 24.0. The molecule has 4 rings (SSSR count). The smallest absolute Gasteiger partial charge is 0.337 e. The minimum absolute atomic E-state index is 0.0653. The molecule has 0 spiro atoms. The van der Waals surface area contributed by atoms with Crippen molar-refractivity contribution in [1.29, 1.82) is 0 Å². The van der Waals surface area contributed by atoms with Gasteiger partial charge in [0.25, 0.3) is 5.91 Å². The van der Waals surface area contributed by atoms with Crippen molar-refractivity contribution in [3.63, 3.8) is 0 Å². The number of hydrazine groups is 1. The fourth-order valence-corrected chi connectivity index (χ4v) is 3.81. The van der Waals surface area contributed by atoms with Gasteiger partial charge in [-0.2, -0.15) is 5.10 Å². The summed E-state index contributed by atoms with van der Waals surface area (Å²) in [6.45, 7) is 0.369. The molecule has 2 unspecified atom stereocenters. The molecule has 1 aliphatic heterocycles. The molecule has 1 fully saturated rings. The van der Waals surface area contributed by atoms with Gasteiger partial charge < -0.3 is 9.47 Å². The number of methoxy groups -OCH3 is 1. The van der Waals surface area contributed by atoms with Crippen molar-refractivity contribution in [3.05, 3.63) is 100 Å². The van der Waals surface area contributed by atoms with Gasteiger partial charge in [0, 0.05) is 16.6 Å². The van der Waals surface area contributed by atoms with Crippen molar-refractivity contribution in [2.45, 2.75) is 25.1 Å². The van der Waals surface area contributed by atoms with Crippen LogP contribution in [0.2, 0.25) is 5.02 Å². The van der Waals surface area contributed by atoms with E-state index < -0.39 is 12.0 Å². The van der Waals surface area contributed by atoms with E-state index in [-0.39, 0.29) is 11.9 Å². The molecule has 2 atom stereocenters. The Morgan fingerprint density at radius 2 is 1.89 bits per heavy atom. The van der Waals surface area contributed by atoms with Gasteiger partial charge in [0.05, 0.1) is 18.9 Å². The lowest BCUT2D eigenvalue weighted by atomic mass is 10.0. The molecule has 180 valence electrons. The molecule has 0 bridgehead atoms. The Bertz CT molecular complexity index is 1220. The molecule has 1 aliphatic rings. The second kappa shape index (κ2) is 11.6. The van der Waals surface area contributed by atoms with Gasteiger partial charge in [-0.25, -0.2) is 21.1 Å². The molecule has 0 aromatic heterocycles. The molecule has 8 nitrogen and oxygen atoms in total. The first-order valence-electron chi connectivity index (χ1n) is 11.0. The van der Waals surface area contributed by atoms with Crippen LogP contribution < -0.4 is 21.0 Å². The highest BCUT2D eigenvalue weighted by Crippen LogP contribution is 2.26. The number of nitrogens with zero attached hydrogens (tertiary/aromatic N) is 1. The molecule has 1 saturated heterocycles. The normalized spacial score (nSPS) is 17.3. The molecule has 0 radical (unpaired) electrons. The average molecular weight is 493 g/mol. The Morgan fingerprint density at radius 3 is 2.66 bits per heavy atom. The van der Waals surface area contributed by atoms with E-state index in [0.717, 1.165) is 22.4 Å². The van der Waals surface area contributed by atoms with E-state index in [4.69, 9.17) is 16.3 Å². The van der Waals surface area contributed by atoms with Crippen molar-refractivity contribution in [3.8, 4) is 5.75 Å². The Labute approximate surface area is 208 Å². The number of ether oxygens (including phenoxy) is 2. The van der Waals surface area contributed by atoms with Crippen LogP contribution in [-0.4, -0.2) is 31.2 Å². The van der Waals surface area contributed by atoms with E-state index in [2.05, 4.69) is 26.1 Å². The summed E-state index contributed by atoms with van der Waals surface area (Å²) in [5, 5.41) is 4.68. The van der Waals surface area contributed by atoms with Gasteiger partial charge in [-0.1, -0.05) is 54.1 Å². The lowest BCUT2D eigenvalue weighted by Gasteiger charge is -2.13. The van der Waals surface area contributed by atoms with Gasteiger partial charge >= 0.3 is 5.97 Å². The number of hydrogen-bond acceptors (Lipinski definition) is 7. The third-order valence-electron chi connectivity index (χ3n) is 5.55. The van der Waals surface area contributed by atoms with Gasteiger partial charge in [0.15, 0.2) is 0 Å². The molecule has 9 heteroatoms. The molecule has 3 aromatic rings. The maximum absolute atomic E-state index is 12.5. The quantitative estimate of drug-likeness (QED) is 0.251. The zero-order valence-corrected chi connectivity index (χ0v) is 19.8. The molecule has 1 heterocycles. The average Bonchev–Trinajstić information content (AvgIpc) is 3.39. The van der Waals surface area contributed by atoms with Crippen molar-refractivity contribution in [2.24, 2.45) is 5.10 Å². The Morgan fingerprint density at radius 1 is 1.09 bits per heavy atom. The van der Waals surface area contributed by atoms with Crippen LogP contribution in [0.3, 0.4) is 0 Å². The highest BCUT2D eigenvalue weighted by atomic mass is 35.5. The lowest BCUT2D eigenvalue weighted by molar-refractivity contribution is -0.122. The van der Waals surface area contributed by atoms with Crippen LogP contribution in [0.15, 0.2) is 77.9 Å². The zero-order valence-electron chi connectivity index (χ0n) is 19.0. The monoisotopic (exact) mass is 492 g/mol. The minimum Gasteiger partial charge on any atom is -0.489 e. The summed E-state index contributed by atoms with van der Waals surface area (Å²) in [7, 11) is 1.33. The third-order valence-corrected chi connectivity index (χ3v) is 5.92. The predicted molar refractivity (Wildman–Crippen MR) is 133 cm³/mol. The number of esters is 1. The van der Waals surface area contributed by atoms with E-state index in [1.165, 1.54) is 13.3 Å². The number of rotatable bonds is 8. The number of amides is 1. The highest BCUT2D eigenvalue weighted by Gasteiger charge is 2.30. The summed E-state index contributed by atoms with van der Waals surface area (Å²) in [6, 6.07) is 21.5. The summed E-state index contributed by atoms with van der Waals surface area (Å²) in [5.74, 6) is 0.0577. The predicted octanol–water partition coefficient (Wildman–Crippen LogP) is 3.76. The van der Waals surface area contributed by atoms with Crippen LogP contribution in [0.4, 0.5) is 0 Å². The Balaban J connectivity index is 1.28. The van der Waals surface area contributed by atoms with Crippen molar-refractivity contribution in [1.82, 2.24) is 16.3 Å². The minimum atomic E-state index is -0.452. The van der Waals surface area contributed by atoms with Gasteiger partial charge in [0.2, 0.25) is 0 Å². The summed E-state index contributed by atoms with van der Waals surface area (Å²) >= 11 is 6.20. The van der Waals surface area contributed by atoms with Gasteiger partial charge in [0.1, 0.15) is 18.4 Å². The van der Waals surface area contributed by atoms with E-state index >= 15 is 0 Å². The third kappa shape index (κ3) is 6.45. The van der Waals surface area contributed by atoms with Crippen LogP contribution in [-0.2, 0) is 16.1 Å². The number of halogens is 1. The number of carbonyl (C=O) groups is 2. The fourth-order valence-electron chi connectivity index (χ4n) is 3.62. The summed E-state index contributed by atoms with van der Waals surface area (Å²) in [6.07, 6.45) is 2.06. The maximum Gasteiger partial charge on any atom is 0.337 e. The molecular formula is C26H25ClN4O4. The summed E-state index contributed by atoms with van der Waals surface area (Å²) < 4.78 is 10.6. The first kappa shape index (κ1) is 24.4. The number of hydrazone groups is 1. The van der Waals surface area contributed by atoms with Gasteiger partial charge in [-0.05, 0) is 47.9 Å². The highest BCUT2D eigenvalue weighted by molar-refractivity contribution is 6.31. The zero-order chi connectivity index (χ0) is 24.6. The summed E-state index contributed by atoms with van der Waals surface area (Å²) in [5.41, 5.74) is 11.8. The van der Waals surface area contributed by atoms with Crippen LogP contribution in [0.1, 0.15) is 39.5 Å². The second-order valence-corrected chi connectivity index (χ2v) is 8.34. The number of benzene rings is 3. The van der Waals surface area contributed by atoms with Crippen LogP contribution in [0, 0.1) is 0 Å².